The fraction of sp³-hybridized carbons (Fsp3) is 0.333. The van der Waals surface area contributed by atoms with Crippen molar-refractivity contribution in [3.05, 3.63) is 34.1 Å². The van der Waals surface area contributed by atoms with Gasteiger partial charge in [0.1, 0.15) is 0 Å². The second kappa shape index (κ2) is 5.39. The Morgan fingerprint density at radius 2 is 1.90 bits per heavy atom. The lowest BCUT2D eigenvalue weighted by Crippen LogP contribution is -2.04. The van der Waals surface area contributed by atoms with Gasteiger partial charge in [-0.2, -0.15) is 18.2 Å². The van der Waals surface area contributed by atoms with Crippen molar-refractivity contribution in [1.82, 2.24) is 10.1 Å². The van der Waals surface area contributed by atoms with E-state index >= 15 is 0 Å². The molecule has 0 bridgehead atoms. The van der Waals surface area contributed by atoms with Crippen molar-refractivity contribution in [3.8, 4) is 11.4 Å². The van der Waals surface area contributed by atoms with Crippen molar-refractivity contribution in [1.29, 1.82) is 0 Å². The van der Waals surface area contributed by atoms with Gasteiger partial charge in [0.05, 0.1) is 13.2 Å². The lowest BCUT2D eigenvalue weighted by molar-refractivity contribution is -0.159. The summed E-state index contributed by atoms with van der Waals surface area (Å²) >= 11 is 3.33. The van der Waals surface area contributed by atoms with Crippen LogP contribution < -0.4 is 0 Å². The van der Waals surface area contributed by atoms with Crippen LogP contribution in [0.5, 0.6) is 0 Å². The number of rotatable bonds is 2. The van der Waals surface area contributed by atoms with E-state index < -0.39 is 18.4 Å². The molecule has 0 saturated carbocycles. The number of alkyl halides is 3. The van der Waals surface area contributed by atoms with Crippen LogP contribution in [-0.4, -0.2) is 23.4 Å². The van der Waals surface area contributed by atoms with Crippen LogP contribution in [0.1, 0.15) is 17.7 Å². The Balaban J connectivity index is 1.89. The predicted molar refractivity (Wildman–Crippen MR) is 67.1 cm³/mol. The largest absolute Gasteiger partial charge is 0.471 e. The van der Waals surface area contributed by atoms with Gasteiger partial charge in [-0.3, -0.25) is 0 Å². The first-order valence-corrected chi connectivity index (χ1v) is 6.68. The average molecular weight is 365 g/mol. The first-order chi connectivity index (χ1) is 9.95. The summed E-state index contributed by atoms with van der Waals surface area (Å²) in [6, 6.07) is 4.85. The monoisotopic (exact) mass is 364 g/mol. The van der Waals surface area contributed by atoms with E-state index in [1.807, 2.05) is 0 Å². The van der Waals surface area contributed by atoms with Crippen LogP contribution in [0.4, 0.5) is 13.2 Å². The number of hydrogen-bond acceptors (Lipinski definition) is 5. The molecular weight excluding hydrogens is 357 g/mol. The topological polar surface area (TPSA) is 57.4 Å². The number of aromatic nitrogens is 2. The molecule has 0 spiro atoms. The Labute approximate surface area is 125 Å². The molecule has 1 aromatic heterocycles. The van der Waals surface area contributed by atoms with Gasteiger partial charge in [0.2, 0.25) is 5.82 Å². The molecule has 2 heterocycles. The number of ether oxygens (including phenoxy) is 2. The highest BCUT2D eigenvalue weighted by Crippen LogP contribution is 2.34. The van der Waals surface area contributed by atoms with Crippen molar-refractivity contribution in [3.63, 3.8) is 0 Å². The van der Waals surface area contributed by atoms with Crippen LogP contribution in [-0.2, 0) is 15.7 Å². The first-order valence-electron chi connectivity index (χ1n) is 5.89. The van der Waals surface area contributed by atoms with E-state index in [-0.39, 0.29) is 5.82 Å². The molecule has 0 aliphatic carbocycles. The number of benzene rings is 1. The average Bonchev–Trinajstić information content (AvgIpc) is 3.09. The fourth-order valence-corrected chi connectivity index (χ4v) is 2.42. The van der Waals surface area contributed by atoms with Crippen molar-refractivity contribution in [2.75, 3.05) is 13.2 Å². The minimum Gasteiger partial charge on any atom is -0.346 e. The lowest BCUT2D eigenvalue weighted by atomic mass is 10.1. The highest BCUT2D eigenvalue weighted by Gasteiger charge is 2.38. The van der Waals surface area contributed by atoms with E-state index in [0.29, 0.717) is 23.2 Å². The van der Waals surface area contributed by atoms with Crippen molar-refractivity contribution in [2.24, 2.45) is 0 Å². The van der Waals surface area contributed by atoms with Gasteiger partial charge in [0.25, 0.3) is 0 Å². The maximum absolute atomic E-state index is 12.4. The molecule has 3 rings (SSSR count). The zero-order valence-electron chi connectivity index (χ0n) is 10.4. The quantitative estimate of drug-likeness (QED) is 0.815. The third-order valence-corrected chi connectivity index (χ3v) is 3.49. The van der Waals surface area contributed by atoms with E-state index in [4.69, 9.17) is 9.47 Å². The Morgan fingerprint density at radius 1 is 1.19 bits per heavy atom. The summed E-state index contributed by atoms with van der Waals surface area (Å²) in [6.07, 6.45) is -5.14. The molecule has 0 N–H and O–H groups in total. The third kappa shape index (κ3) is 2.94. The molecule has 1 fully saturated rings. The molecule has 0 unspecified atom stereocenters. The van der Waals surface area contributed by atoms with Crippen LogP contribution >= 0.6 is 15.9 Å². The number of halogens is 4. The zero-order chi connectivity index (χ0) is 15.0. The van der Waals surface area contributed by atoms with Crippen LogP contribution in [0.2, 0.25) is 0 Å². The second-order valence-electron chi connectivity index (χ2n) is 4.23. The Morgan fingerprint density at radius 3 is 2.48 bits per heavy atom. The summed E-state index contributed by atoms with van der Waals surface area (Å²) in [6.45, 7) is 0.997. The third-order valence-electron chi connectivity index (χ3n) is 2.80. The molecule has 1 aromatic carbocycles. The van der Waals surface area contributed by atoms with E-state index in [9.17, 15) is 13.2 Å². The van der Waals surface area contributed by atoms with Gasteiger partial charge >= 0.3 is 12.1 Å². The van der Waals surface area contributed by atoms with Crippen LogP contribution in [0.15, 0.2) is 27.2 Å². The predicted octanol–water partition coefficient (Wildman–Crippen LogP) is 3.56. The molecule has 1 aliphatic heterocycles. The molecule has 0 radical (unpaired) electrons. The van der Waals surface area contributed by atoms with E-state index in [2.05, 4.69) is 30.6 Å². The van der Waals surface area contributed by atoms with Crippen LogP contribution in [0.25, 0.3) is 11.4 Å². The summed E-state index contributed by atoms with van der Waals surface area (Å²) in [4.78, 5) is 3.33. The number of hydrogen-bond donors (Lipinski definition) is 0. The standard InChI is InChI=1S/C12H8BrF3N2O3/c13-8-5-6(1-2-7(8)10-19-3-4-20-10)9-17-11(21-18-9)12(14,15)16/h1-2,5,10H,3-4H2. The number of nitrogens with zero attached hydrogens (tertiary/aromatic N) is 2. The van der Waals surface area contributed by atoms with Crippen LogP contribution in [0, 0.1) is 0 Å². The Bertz CT molecular complexity index is 653. The van der Waals surface area contributed by atoms with Crippen molar-refractivity contribution >= 4 is 15.9 Å². The SMILES string of the molecule is FC(F)(F)c1nc(-c2ccc(C3OCCO3)c(Br)c2)no1. The molecular formula is C12H8BrF3N2O3. The Hall–Kier alpha value is -1.45. The van der Waals surface area contributed by atoms with E-state index in [0.717, 1.165) is 5.56 Å². The zero-order valence-corrected chi connectivity index (χ0v) is 11.9. The summed E-state index contributed by atoms with van der Waals surface area (Å²) in [5, 5.41) is 3.33. The van der Waals surface area contributed by atoms with Crippen LogP contribution in [0.3, 0.4) is 0 Å². The van der Waals surface area contributed by atoms with Gasteiger partial charge < -0.3 is 14.0 Å². The molecule has 112 valence electrons. The maximum atomic E-state index is 12.4. The molecule has 21 heavy (non-hydrogen) atoms. The summed E-state index contributed by atoms with van der Waals surface area (Å²) < 4.78 is 52.8. The normalized spacial score (nSPS) is 16.6. The van der Waals surface area contributed by atoms with Gasteiger partial charge in [-0.05, 0) is 6.07 Å². The summed E-state index contributed by atoms with van der Waals surface area (Å²) in [7, 11) is 0. The second-order valence-corrected chi connectivity index (χ2v) is 5.09. The fourth-order valence-electron chi connectivity index (χ4n) is 1.85. The smallest absolute Gasteiger partial charge is 0.346 e. The van der Waals surface area contributed by atoms with Gasteiger partial charge in [-0.25, -0.2) is 0 Å². The minimum atomic E-state index is -4.66. The van der Waals surface area contributed by atoms with Gasteiger partial charge in [0, 0.05) is 15.6 Å². The van der Waals surface area contributed by atoms with E-state index in [1.54, 1.807) is 18.2 Å². The van der Waals surface area contributed by atoms with Gasteiger partial charge in [-0.15, -0.1) is 0 Å². The lowest BCUT2D eigenvalue weighted by Gasteiger charge is -2.11. The van der Waals surface area contributed by atoms with Crippen molar-refractivity contribution in [2.45, 2.75) is 12.5 Å². The molecule has 0 amide bonds. The maximum Gasteiger partial charge on any atom is 0.471 e. The highest BCUT2D eigenvalue weighted by atomic mass is 79.9. The molecule has 5 nitrogen and oxygen atoms in total. The molecule has 1 aliphatic rings. The summed E-state index contributed by atoms with van der Waals surface area (Å²) in [5.41, 5.74) is 1.14. The molecule has 1 saturated heterocycles. The molecule has 0 atom stereocenters. The van der Waals surface area contributed by atoms with Crippen molar-refractivity contribution < 1.29 is 27.2 Å². The first kappa shape index (κ1) is 14.5. The van der Waals surface area contributed by atoms with Gasteiger partial charge in [0.15, 0.2) is 6.29 Å². The molecule has 9 heteroatoms. The minimum absolute atomic E-state index is 0.136. The van der Waals surface area contributed by atoms with E-state index in [1.165, 1.54) is 0 Å². The highest BCUT2D eigenvalue weighted by molar-refractivity contribution is 9.10. The summed E-state index contributed by atoms with van der Waals surface area (Å²) in [5.74, 6) is -1.51. The molecule has 2 aromatic rings. The Kier molecular flexibility index (Phi) is 3.72. The van der Waals surface area contributed by atoms with Gasteiger partial charge in [-0.1, -0.05) is 33.2 Å².